The largest absolute Gasteiger partial charge is 0.464 e. The molecule has 104 valence electrons. The van der Waals surface area contributed by atoms with Crippen LogP contribution in [0.5, 0.6) is 0 Å². The zero-order chi connectivity index (χ0) is 13.3. The molecule has 0 unspecified atom stereocenters. The maximum absolute atomic E-state index is 11.4. The zero-order valence-electron chi connectivity index (χ0n) is 11.4. The molecule has 4 nitrogen and oxygen atoms in total. The molecular formula is C14H20N2O2S. The number of esters is 1. The van der Waals surface area contributed by atoms with Crippen molar-refractivity contribution in [3.8, 4) is 0 Å². The van der Waals surface area contributed by atoms with Crippen LogP contribution < -0.4 is 4.90 Å². The summed E-state index contributed by atoms with van der Waals surface area (Å²) < 4.78 is 4.70. The van der Waals surface area contributed by atoms with Crippen molar-refractivity contribution in [1.82, 2.24) is 4.98 Å². The molecule has 0 atom stereocenters. The van der Waals surface area contributed by atoms with Crippen LogP contribution >= 0.6 is 11.3 Å². The van der Waals surface area contributed by atoms with Gasteiger partial charge in [-0.3, -0.25) is 0 Å². The molecule has 2 fully saturated rings. The van der Waals surface area contributed by atoms with Crippen LogP contribution in [0.3, 0.4) is 0 Å². The Kier molecular flexibility index (Phi) is 3.48. The van der Waals surface area contributed by atoms with E-state index >= 15 is 0 Å². The quantitative estimate of drug-likeness (QED) is 0.781. The first-order chi connectivity index (χ1) is 9.22. The van der Waals surface area contributed by atoms with Crippen LogP contribution in [0.4, 0.5) is 5.13 Å². The fraction of sp³-hybridized carbons (Fsp3) is 0.714. The smallest absolute Gasteiger partial charge is 0.357 e. The summed E-state index contributed by atoms with van der Waals surface area (Å²) in [5.41, 5.74) is 1.06. The number of piperidine rings is 1. The van der Waals surface area contributed by atoms with Gasteiger partial charge in [0.1, 0.15) is 0 Å². The van der Waals surface area contributed by atoms with Crippen LogP contribution in [-0.2, 0) is 4.74 Å². The average Bonchev–Trinajstić information content (AvgIpc) is 3.09. The molecule has 0 N–H and O–H groups in total. The number of carbonyl (C=O) groups is 1. The molecule has 1 aromatic heterocycles. The highest BCUT2D eigenvalue weighted by molar-refractivity contribution is 7.13. The first kappa shape index (κ1) is 12.9. The summed E-state index contributed by atoms with van der Waals surface area (Å²) in [4.78, 5) is 18.1. The Morgan fingerprint density at radius 1 is 1.32 bits per heavy atom. The Hall–Kier alpha value is -1.10. The first-order valence-corrected chi connectivity index (χ1v) is 7.89. The van der Waals surface area contributed by atoms with Crippen molar-refractivity contribution in [2.24, 2.45) is 5.41 Å². The van der Waals surface area contributed by atoms with Gasteiger partial charge in [0.2, 0.25) is 0 Å². The molecule has 2 aliphatic rings. The number of nitrogens with zero attached hydrogens (tertiary/aromatic N) is 2. The summed E-state index contributed by atoms with van der Waals surface area (Å²) >= 11 is 1.54. The number of thiazole rings is 1. The lowest BCUT2D eigenvalue weighted by molar-refractivity contribution is 0.0595. The molecule has 0 bridgehead atoms. The first-order valence-electron chi connectivity index (χ1n) is 7.01. The number of methoxy groups -OCH3 is 1. The zero-order valence-corrected chi connectivity index (χ0v) is 12.2. The number of ether oxygens (including phenoxy) is 1. The minimum Gasteiger partial charge on any atom is -0.464 e. The number of anilines is 1. The van der Waals surface area contributed by atoms with Gasteiger partial charge in [0.05, 0.1) is 7.11 Å². The van der Waals surface area contributed by atoms with Crippen LogP contribution in [-0.4, -0.2) is 31.2 Å². The maximum atomic E-state index is 11.4. The summed E-state index contributed by atoms with van der Waals surface area (Å²) in [6, 6.07) is 0. The van der Waals surface area contributed by atoms with Crippen LogP contribution in [0.25, 0.3) is 0 Å². The molecule has 19 heavy (non-hydrogen) atoms. The third-order valence-electron chi connectivity index (χ3n) is 4.65. The molecule has 0 aromatic carbocycles. The van der Waals surface area contributed by atoms with Gasteiger partial charge in [0.25, 0.3) is 0 Å². The third-order valence-corrected chi connectivity index (χ3v) is 5.55. The highest BCUT2D eigenvalue weighted by atomic mass is 32.1. The summed E-state index contributed by atoms with van der Waals surface area (Å²) in [5.74, 6) is -0.341. The van der Waals surface area contributed by atoms with Gasteiger partial charge in [0.15, 0.2) is 10.8 Å². The highest BCUT2D eigenvalue weighted by Crippen LogP contribution is 2.46. The minimum atomic E-state index is -0.341. The lowest BCUT2D eigenvalue weighted by Crippen LogP contribution is -2.38. The van der Waals surface area contributed by atoms with E-state index in [4.69, 9.17) is 4.74 Å². The van der Waals surface area contributed by atoms with Crippen LogP contribution in [0.1, 0.15) is 49.0 Å². The molecule has 2 heterocycles. The maximum Gasteiger partial charge on any atom is 0.357 e. The molecule has 5 heteroatoms. The van der Waals surface area contributed by atoms with Gasteiger partial charge in [-0.1, -0.05) is 12.8 Å². The fourth-order valence-corrected chi connectivity index (χ4v) is 4.25. The van der Waals surface area contributed by atoms with Crippen molar-refractivity contribution in [2.75, 3.05) is 25.1 Å². The van der Waals surface area contributed by atoms with Crippen molar-refractivity contribution in [2.45, 2.75) is 38.5 Å². The Labute approximate surface area is 117 Å². The van der Waals surface area contributed by atoms with Crippen molar-refractivity contribution >= 4 is 22.4 Å². The summed E-state index contributed by atoms with van der Waals surface area (Å²) in [7, 11) is 1.39. The monoisotopic (exact) mass is 280 g/mol. The second kappa shape index (κ2) is 5.12. The number of hydrogen-bond acceptors (Lipinski definition) is 5. The van der Waals surface area contributed by atoms with Gasteiger partial charge in [-0.15, -0.1) is 11.3 Å². The molecule has 0 amide bonds. The van der Waals surface area contributed by atoms with E-state index < -0.39 is 0 Å². The second-order valence-electron chi connectivity index (χ2n) is 5.70. The molecule has 1 aliphatic heterocycles. The summed E-state index contributed by atoms with van der Waals surface area (Å²) in [5, 5.41) is 2.76. The molecule has 3 rings (SSSR count). The van der Waals surface area contributed by atoms with Gasteiger partial charge in [-0.25, -0.2) is 9.78 Å². The Balaban J connectivity index is 1.65. The lowest BCUT2D eigenvalue weighted by atomic mass is 9.77. The van der Waals surface area contributed by atoms with Gasteiger partial charge in [-0.2, -0.15) is 0 Å². The van der Waals surface area contributed by atoms with Crippen molar-refractivity contribution in [3.05, 3.63) is 11.1 Å². The normalized spacial score (nSPS) is 21.8. The molecule has 0 radical (unpaired) electrons. The van der Waals surface area contributed by atoms with Gasteiger partial charge in [-0.05, 0) is 31.1 Å². The predicted octanol–water partition coefficient (Wildman–Crippen LogP) is 3.09. The van der Waals surface area contributed by atoms with E-state index in [0.717, 1.165) is 18.2 Å². The van der Waals surface area contributed by atoms with Crippen LogP contribution in [0, 0.1) is 5.41 Å². The number of carbonyl (C=O) groups excluding carboxylic acids is 1. The van der Waals surface area contributed by atoms with Gasteiger partial charge >= 0.3 is 5.97 Å². The van der Waals surface area contributed by atoms with E-state index in [0.29, 0.717) is 11.1 Å². The highest BCUT2D eigenvalue weighted by Gasteiger charge is 2.37. The minimum absolute atomic E-state index is 0.341. The standard InChI is InChI=1S/C14H20N2O2S/c1-18-12(17)11-10-19-13(15-11)16-8-6-14(7-9-16)4-2-3-5-14/h10H,2-9H2,1H3. The van der Waals surface area contributed by atoms with Gasteiger partial charge < -0.3 is 9.64 Å². The Bertz CT molecular complexity index is 456. The van der Waals surface area contributed by atoms with E-state index in [9.17, 15) is 4.79 Å². The van der Waals surface area contributed by atoms with Crippen molar-refractivity contribution in [3.63, 3.8) is 0 Å². The Morgan fingerprint density at radius 2 is 2.00 bits per heavy atom. The Morgan fingerprint density at radius 3 is 2.63 bits per heavy atom. The number of aromatic nitrogens is 1. The second-order valence-corrected chi connectivity index (χ2v) is 6.54. The summed E-state index contributed by atoms with van der Waals surface area (Å²) in [6.07, 6.45) is 8.19. The van der Waals surface area contributed by atoms with E-state index in [1.807, 2.05) is 0 Å². The third kappa shape index (κ3) is 2.48. The molecule has 1 aromatic rings. The number of hydrogen-bond donors (Lipinski definition) is 0. The average molecular weight is 280 g/mol. The molecule has 1 saturated carbocycles. The lowest BCUT2D eigenvalue weighted by Gasteiger charge is -2.39. The topological polar surface area (TPSA) is 42.4 Å². The van der Waals surface area contributed by atoms with E-state index in [1.165, 1.54) is 45.6 Å². The fourth-order valence-electron chi connectivity index (χ4n) is 3.41. The van der Waals surface area contributed by atoms with E-state index in [2.05, 4.69) is 9.88 Å². The van der Waals surface area contributed by atoms with Crippen molar-refractivity contribution in [1.29, 1.82) is 0 Å². The van der Waals surface area contributed by atoms with Crippen LogP contribution in [0.15, 0.2) is 5.38 Å². The molecular weight excluding hydrogens is 260 g/mol. The van der Waals surface area contributed by atoms with E-state index in [-0.39, 0.29) is 5.97 Å². The van der Waals surface area contributed by atoms with Crippen molar-refractivity contribution < 1.29 is 9.53 Å². The van der Waals surface area contributed by atoms with Gasteiger partial charge in [0, 0.05) is 18.5 Å². The van der Waals surface area contributed by atoms with E-state index in [1.54, 1.807) is 16.7 Å². The number of rotatable bonds is 2. The summed E-state index contributed by atoms with van der Waals surface area (Å²) in [6.45, 7) is 2.16. The SMILES string of the molecule is COC(=O)c1csc(N2CCC3(CCCC3)CC2)n1. The predicted molar refractivity (Wildman–Crippen MR) is 75.8 cm³/mol. The molecule has 1 aliphatic carbocycles. The molecule has 1 spiro atoms. The van der Waals surface area contributed by atoms with Crippen LogP contribution in [0.2, 0.25) is 0 Å². The molecule has 1 saturated heterocycles.